The Hall–Kier alpha value is -1.47. The van der Waals surface area contributed by atoms with Crippen molar-refractivity contribution in [3.63, 3.8) is 0 Å². The number of anilines is 1. The minimum Gasteiger partial charge on any atom is -0.323 e. The second-order valence-corrected chi connectivity index (χ2v) is 6.62. The van der Waals surface area contributed by atoms with Crippen LogP contribution in [0.4, 0.5) is 10.1 Å². The molecule has 0 aliphatic rings. The van der Waals surface area contributed by atoms with Gasteiger partial charge in [-0.2, -0.15) is 0 Å². The number of carbonyl (C=O) groups is 1. The van der Waals surface area contributed by atoms with Gasteiger partial charge in [-0.1, -0.05) is 27.7 Å². The van der Waals surface area contributed by atoms with Crippen molar-refractivity contribution in [2.24, 2.45) is 0 Å². The first kappa shape index (κ1) is 16.9. The number of nitrogens with zero attached hydrogens (tertiary/aromatic N) is 2. The molecular weight excluding hydrogens is 369 g/mol. The van der Waals surface area contributed by atoms with E-state index in [9.17, 15) is 9.18 Å². The number of benzene rings is 1. The molecule has 0 saturated carbocycles. The number of nitrogens with one attached hydrogen (secondary N) is 1. The van der Waals surface area contributed by atoms with Crippen LogP contribution in [-0.2, 0) is 4.79 Å². The van der Waals surface area contributed by atoms with Crippen molar-refractivity contribution >= 4 is 39.3 Å². The van der Waals surface area contributed by atoms with Crippen molar-refractivity contribution in [1.29, 1.82) is 0 Å². The quantitative estimate of drug-likeness (QED) is 0.639. The fraction of sp³-hybridized carbons (Fsp3) is 0.267. The second kappa shape index (κ2) is 7.19. The molecule has 4 nitrogen and oxygen atoms in total. The molecule has 0 saturated heterocycles. The smallest absolute Gasteiger partial charge is 0.234 e. The van der Waals surface area contributed by atoms with Crippen molar-refractivity contribution in [3.8, 4) is 0 Å². The van der Waals surface area contributed by atoms with Crippen molar-refractivity contribution in [2.75, 3.05) is 11.1 Å². The summed E-state index contributed by atoms with van der Waals surface area (Å²) in [5.41, 5.74) is 3.00. The maximum Gasteiger partial charge on any atom is 0.234 e. The van der Waals surface area contributed by atoms with Crippen LogP contribution in [0.25, 0.3) is 0 Å². The molecule has 0 aliphatic heterocycles. The Morgan fingerprint density at radius 1 is 1.27 bits per heavy atom. The van der Waals surface area contributed by atoms with Crippen LogP contribution < -0.4 is 5.32 Å². The lowest BCUT2D eigenvalue weighted by molar-refractivity contribution is -0.113. The fourth-order valence-corrected chi connectivity index (χ4v) is 2.78. The van der Waals surface area contributed by atoms with E-state index in [1.807, 2.05) is 20.8 Å². The van der Waals surface area contributed by atoms with Gasteiger partial charge >= 0.3 is 0 Å². The zero-order valence-electron chi connectivity index (χ0n) is 12.4. The number of amides is 1. The highest BCUT2D eigenvalue weighted by Gasteiger charge is 2.10. The monoisotopic (exact) mass is 383 g/mol. The number of hydrogen-bond acceptors (Lipinski definition) is 4. The zero-order valence-corrected chi connectivity index (χ0v) is 14.8. The summed E-state index contributed by atoms with van der Waals surface area (Å²) in [4.78, 5) is 20.6. The third-order valence-electron chi connectivity index (χ3n) is 3.15. The van der Waals surface area contributed by atoms with Crippen molar-refractivity contribution in [1.82, 2.24) is 9.97 Å². The van der Waals surface area contributed by atoms with Gasteiger partial charge in [0.2, 0.25) is 5.91 Å². The predicted molar refractivity (Wildman–Crippen MR) is 89.7 cm³/mol. The van der Waals surface area contributed by atoms with Gasteiger partial charge in [-0.15, -0.1) is 0 Å². The summed E-state index contributed by atoms with van der Waals surface area (Å²) in [5.74, 6) is -0.658. The van der Waals surface area contributed by atoms with Crippen LogP contribution in [0.1, 0.15) is 17.0 Å². The molecule has 1 amide bonds. The first-order chi connectivity index (χ1) is 10.4. The molecule has 1 heterocycles. The molecule has 2 aromatic rings. The Morgan fingerprint density at radius 2 is 1.91 bits per heavy atom. The standard InChI is InChI=1S/C15H15BrFN3OS/c1-8-9(2)18-15(19-10(8)3)22-7-14(21)20-13-5-4-11(16)6-12(13)17/h4-6H,7H2,1-3H3,(H,20,21). The first-order valence-corrected chi connectivity index (χ1v) is 8.34. The SMILES string of the molecule is Cc1nc(SCC(=O)Nc2ccc(Br)cc2F)nc(C)c1C. The van der Waals surface area contributed by atoms with Gasteiger partial charge < -0.3 is 5.32 Å². The molecule has 0 spiro atoms. The lowest BCUT2D eigenvalue weighted by Crippen LogP contribution is -2.15. The summed E-state index contributed by atoms with van der Waals surface area (Å²) in [6.07, 6.45) is 0. The molecule has 1 N–H and O–H groups in total. The van der Waals surface area contributed by atoms with E-state index in [0.717, 1.165) is 17.0 Å². The Kier molecular flexibility index (Phi) is 5.52. The summed E-state index contributed by atoms with van der Waals surface area (Å²) in [7, 11) is 0. The van der Waals surface area contributed by atoms with E-state index in [-0.39, 0.29) is 17.3 Å². The van der Waals surface area contributed by atoms with Crippen LogP contribution in [0, 0.1) is 26.6 Å². The summed E-state index contributed by atoms with van der Waals surface area (Å²) in [5, 5.41) is 3.09. The molecule has 0 fully saturated rings. The van der Waals surface area contributed by atoms with E-state index in [4.69, 9.17) is 0 Å². The van der Waals surface area contributed by atoms with Gasteiger partial charge in [0.05, 0.1) is 11.4 Å². The van der Waals surface area contributed by atoms with Crippen LogP contribution in [0.2, 0.25) is 0 Å². The number of aromatic nitrogens is 2. The Labute approximate surface area is 141 Å². The zero-order chi connectivity index (χ0) is 16.3. The average Bonchev–Trinajstić information content (AvgIpc) is 2.45. The average molecular weight is 384 g/mol. The minimum atomic E-state index is -0.481. The van der Waals surface area contributed by atoms with E-state index in [0.29, 0.717) is 9.63 Å². The molecule has 116 valence electrons. The van der Waals surface area contributed by atoms with Crippen LogP contribution in [0.3, 0.4) is 0 Å². The summed E-state index contributed by atoms with van der Waals surface area (Å²) in [6.45, 7) is 5.78. The third kappa shape index (κ3) is 4.27. The van der Waals surface area contributed by atoms with Crippen LogP contribution in [0.15, 0.2) is 27.8 Å². The van der Waals surface area contributed by atoms with Crippen LogP contribution in [0.5, 0.6) is 0 Å². The molecule has 0 aliphatic carbocycles. The summed E-state index contributed by atoms with van der Waals surface area (Å²) >= 11 is 4.40. The van der Waals surface area contributed by atoms with Crippen molar-refractivity contribution in [2.45, 2.75) is 25.9 Å². The van der Waals surface area contributed by atoms with Gasteiger partial charge in [0, 0.05) is 15.9 Å². The maximum absolute atomic E-state index is 13.6. The molecule has 0 atom stereocenters. The van der Waals surface area contributed by atoms with Gasteiger partial charge in [-0.05, 0) is 44.5 Å². The molecule has 0 unspecified atom stereocenters. The fourth-order valence-electron chi connectivity index (χ4n) is 1.71. The van der Waals surface area contributed by atoms with E-state index >= 15 is 0 Å². The van der Waals surface area contributed by atoms with Gasteiger partial charge in [0.1, 0.15) is 5.82 Å². The van der Waals surface area contributed by atoms with Gasteiger partial charge in [0.25, 0.3) is 0 Å². The number of halogens is 2. The number of rotatable bonds is 4. The van der Waals surface area contributed by atoms with Crippen molar-refractivity contribution < 1.29 is 9.18 Å². The Morgan fingerprint density at radius 3 is 2.50 bits per heavy atom. The predicted octanol–water partition coefficient (Wildman–Crippen LogP) is 4.03. The lowest BCUT2D eigenvalue weighted by Gasteiger charge is -2.08. The van der Waals surface area contributed by atoms with Gasteiger partial charge in [-0.3, -0.25) is 4.79 Å². The molecule has 2 rings (SSSR count). The normalized spacial score (nSPS) is 10.6. The van der Waals surface area contributed by atoms with Crippen LogP contribution >= 0.6 is 27.7 Å². The number of aryl methyl sites for hydroxylation is 2. The number of thioether (sulfide) groups is 1. The number of carbonyl (C=O) groups excluding carboxylic acids is 1. The third-order valence-corrected chi connectivity index (χ3v) is 4.49. The summed E-state index contributed by atoms with van der Waals surface area (Å²) < 4.78 is 14.3. The second-order valence-electron chi connectivity index (χ2n) is 4.76. The lowest BCUT2D eigenvalue weighted by atomic mass is 10.2. The van der Waals surface area contributed by atoms with E-state index < -0.39 is 5.82 Å². The Balaban J connectivity index is 1.98. The van der Waals surface area contributed by atoms with E-state index in [1.54, 1.807) is 6.07 Å². The molecule has 1 aromatic carbocycles. The molecule has 0 radical (unpaired) electrons. The summed E-state index contributed by atoms with van der Waals surface area (Å²) in [6, 6.07) is 4.48. The molecule has 0 bridgehead atoms. The highest BCUT2D eigenvalue weighted by atomic mass is 79.9. The molecule has 22 heavy (non-hydrogen) atoms. The molecule has 7 heteroatoms. The van der Waals surface area contributed by atoms with Crippen LogP contribution in [-0.4, -0.2) is 21.6 Å². The molecular formula is C15H15BrFN3OS. The van der Waals surface area contributed by atoms with Gasteiger partial charge in [0.15, 0.2) is 5.16 Å². The first-order valence-electron chi connectivity index (χ1n) is 6.56. The highest BCUT2D eigenvalue weighted by molar-refractivity contribution is 9.10. The largest absolute Gasteiger partial charge is 0.323 e. The number of hydrogen-bond donors (Lipinski definition) is 1. The maximum atomic E-state index is 13.6. The van der Waals surface area contributed by atoms with Crippen molar-refractivity contribution in [3.05, 3.63) is 45.4 Å². The Bertz CT molecular complexity index is 701. The minimum absolute atomic E-state index is 0.122. The topological polar surface area (TPSA) is 54.9 Å². The molecule has 1 aromatic heterocycles. The van der Waals surface area contributed by atoms with Gasteiger partial charge in [-0.25, -0.2) is 14.4 Å². The van der Waals surface area contributed by atoms with E-state index in [1.165, 1.54) is 23.9 Å². The van der Waals surface area contributed by atoms with E-state index in [2.05, 4.69) is 31.2 Å². The highest BCUT2D eigenvalue weighted by Crippen LogP contribution is 2.21.